The normalized spacial score (nSPS) is 25.7. The summed E-state index contributed by atoms with van der Waals surface area (Å²) in [5.41, 5.74) is 3.86. The van der Waals surface area contributed by atoms with Crippen molar-refractivity contribution in [3.63, 3.8) is 0 Å². The van der Waals surface area contributed by atoms with Crippen LogP contribution in [0.2, 0.25) is 5.02 Å². The number of amides is 1. The van der Waals surface area contributed by atoms with Gasteiger partial charge in [0.05, 0.1) is 12.8 Å². The van der Waals surface area contributed by atoms with Crippen molar-refractivity contribution < 1.29 is 39.4 Å². The Labute approximate surface area is 201 Å². The summed E-state index contributed by atoms with van der Waals surface area (Å²) >= 11 is 5.92. The minimum absolute atomic E-state index is 0.311. The molecule has 10 nitrogen and oxygen atoms in total. The van der Waals surface area contributed by atoms with Gasteiger partial charge in [0.1, 0.15) is 35.9 Å². The summed E-state index contributed by atoms with van der Waals surface area (Å²) < 4.78 is 16.5. The van der Waals surface area contributed by atoms with Crippen molar-refractivity contribution in [1.29, 1.82) is 0 Å². The molecule has 11 heteroatoms. The lowest BCUT2D eigenvalue weighted by Gasteiger charge is -2.39. The SMILES string of the molecule is Cc1cc(Cl)ccc1OC(C)C(=O)N/N=C/c1ccc(O[C@@H]2O[C@H](CO)[C@@H](O)[C@H](O)[C@H]2O)cc1. The topological polar surface area (TPSA) is 150 Å². The molecule has 1 unspecified atom stereocenters. The first-order chi connectivity index (χ1) is 16.2. The molecule has 1 aliphatic rings. The lowest BCUT2D eigenvalue weighted by Crippen LogP contribution is -2.60. The molecule has 1 aliphatic heterocycles. The summed E-state index contributed by atoms with van der Waals surface area (Å²) in [4.78, 5) is 12.2. The number of nitrogens with zero attached hydrogens (tertiary/aromatic N) is 1. The van der Waals surface area contributed by atoms with Crippen molar-refractivity contribution in [1.82, 2.24) is 5.43 Å². The zero-order valence-corrected chi connectivity index (χ0v) is 19.3. The lowest BCUT2D eigenvalue weighted by atomic mass is 9.99. The molecule has 0 bridgehead atoms. The van der Waals surface area contributed by atoms with Gasteiger partial charge in [-0.3, -0.25) is 4.79 Å². The largest absolute Gasteiger partial charge is 0.481 e. The number of ether oxygens (including phenoxy) is 3. The molecule has 5 N–H and O–H groups in total. The van der Waals surface area contributed by atoms with Crippen molar-refractivity contribution in [3.05, 3.63) is 58.6 Å². The van der Waals surface area contributed by atoms with Gasteiger partial charge in [0.15, 0.2) is 6.10 Å². The number of aliphatic hydroxyl groups excluding tert-OH is 4. The van der Waals surface area contributed by atoms with Gasteiger partial charge in [-0.1, -0.05) is 11.6 Å². The van der Waals surface area contributed by atoms with E-state index in [2.05, 4.69) is 10.5 Å². The Bertz CT molecular complexity index is 1000. The highest BCUT2D eigenvalue weighted by Gasteiger charge is 2.44. The van der Waals surface area contributed by atoms with Gasteiger partial charge >= 0.3 is 0 Å². The third-order valence-corrected chi connectivity index (χ3v) is 5.41. The Morgan fingerprint density at radius 3 is 2.53 bits per heavy atom. The van der Waals surface area contributed by atoms with E-state index in [1.807, 2.05) is 6.92 Å². The predicted molar refractivity (Wildman–Crippen MR) is 123 cm³/mol. The van der Waals surface area contributed by atoms with Gasteiger partial charge in [0, 0.05) is 5.02 Å². The van der Waals surface area contributed by atoms with Crippen LogP contribution in [0.25, 0.3) is 0 Å². The van der Waals surface area contributed by atoms with Gasteiger partial charge in [-0.2, -0.15) is 5.10 Å². The molecular weight excluding hydrogens is 468 g/mol. The second-order valence-electron chi connectivity index (χ2n) is 7.79. The molecule has 0 saturated carbocycles. The number of benzene rings is 2. The van der Waals surface area contributed by atoms with E-state index in [-0.39, 0.29) is 0 Å². The standard InChI is InChI=1S/C23H27ClN2O8/c1-12-9-15(24)5-8-17(12)32-13(2)22(31)26-25-10-14-3-6-16(7-4-14)33-23-21(30)20(29)19(28)18(11-27)34-23/h3-10,13,18-21,23,27-30H,11H2,1-2H3,(H,26,31)/b25-10+/t13?,18-,19-,20+,21-,23-/m1/s1. The molecule has 6 atom stereocenters. The number of aliphatic hydroxyl groups is 4. The second kappa shape index (κ2) is 11.6. The Hall–Kier alpha value is -2.73. The molecule has 0 radical (unpaired) electrons. The van der Waals surface area contributed by atoms with Crippen LogP contribution in [-0.4, -0.2) is 76.0 Å². The van der Waals surface area contributed by atoms with Gasteiger partial charge < -0.3 is 34.6 Å². The highest BCUT2D eigenvalue weighted by molar-refractivity contribution is 6.30. The average molecular weight is 495 g/mol. The Balaban J connectivity index is 1.52. The fourth-order valence-corrected chi connectivity index (χ4v) is 3.41. The molecule has 2 aromatic carbocycles. The van der Waals surface area contributed by atoms with E-state index < -0.39 is 49.3 Å². The molecule has 1 fully saturated rings. The number of carbonyl (C=O) groups excluding carboxylic acids is 1. The number of hydrogen-bond acceptors (Lipinski definition) is 9. The van der Waals surface area contributed by atoms with Crippen LogP contribution in [0.4, 0.5) is 0 Å². The number of rotatable bonds is 8. The van der Waals surface area contributed by atoms with Crippen LogP contribution in [0.5, 0.6) is 11.5 Å². The summed E-state index contributed by atoms with van der Waals surface area (Å²) in [5.74, 6) is 0.421. The number of halogens is 1. The first-order valence-electron chi connectivity index (χ1n) is 10.5. The molecule has 34 heavy (non-hydrogen) atoms. The van der Waals surface area contributed by atoms with Crippen LogP contribution >= 0.6 is 11.6 Å². The zero-order chi connectivity index (χ0) is 24.8. The Morgan fingerprint density at radius 2 is 1.88 bits per heavy atom. The summed E-state index contributed by atoms with van der Waals surface area (Å²) in [6.45, 7) is 2.88. The van der Waals surface area contributed by atoms with Crippen LogP contribution in [-0.2, 0) is 9.53 Å². The van der Waals surface area contributed by atoms with E-state index in [1.54, 1.807) is 49.4 Å². The summed E-state index contributed by atoms with van der Waals surface area (Å²) in [7, 11) is 0. The van der Waals surface area contributed by atoms with Crippen molar-refractivity contribution in [2.75, 3.05) is 6.61 Å². The van der Waals surface area contributed by atoms with E-state index in [9.17, 15) is 25.2 Å². The average Bonchev–Trinajstić information content (AvgIpc) is 2.82. The molecule has 3 rings (SSSR count). The number of nitrogens with one attached hydrogen (secondary N) is 1. The Morgan fingerprint density at radius 1 is 1.18 bits per heavy atom. The molecule has 1 amide bonds. The van der Waals surface area contributed by atoms with E-state index >= 15 is 0 Å². The van der Waals surface area contributed by atoms with E-state index in [0.29, 0.717) is 22.1 Å². The predicted octanol–water partition coefficient (Wildman–Crippen LogP) is 0.745. The van der Waals surface area contributed by atoms with E-state index in [4.69, 9.17) is 25.8 Å². The number of carbonyl (C=O) groups is 1. The van der Waals surface area contributed by atoms with Gasteiger partial charge in [-0.05, 0) is 67.4 Å². The second-order valence-corrected chi connectivity index (χ2v) is 8.22. The third kappa shape index (κ3) is 6.44. The molecule has 2 aromatic rings. The van der Waals surface area contributed by atoms with Crippen molar-refractivity contribution in [2.24, 2.45) is 5.10 Å². The fourth-order valence-electron chi connectivity index (χ4n) is 3.18. The molecule has 184 valence electrons. The van der Waals surface area contributed by atoms with Crippen LogP contribution in [0.15, 0.2) is 47.6 Å². The Kier molecular flexibility index (Phi) is 8.84. The smallest absolute Gasteiger partial charge is 0.280 e. The third-order valence-electron chi connectivity index (χ3n) is 5.18. The van der Waals surface area contributed by atoms with Crippen molar-refractivity contribution in [2.45, 2.75) is 50.7 Å². The van der Waals surface area contributed by atoms with E-state index in [1.165, 1.54) is 6.21 Å². The monoisotopic (exact) mass is 494 g/mol. The molecular formula is C23H27ClN2O8. The number of hydrazone groups is 1. The van der Waals surface area contributed by atoms with Crippen molar-refractivity contribution >= 4 is 23.7 Å². The highest BCUT2D eigenvalue weighted by atomic mass is 35.5. The molecule has 0 aliphatic carbocycles. The van der Waals surface area contributed by atoms with Crippen LogP contribution in [0.1, 0.15) is 18.1 Å². The lowest BCUT2D eigenvalue weighted by molar-refractivity contribution is -0.277. The minimum Gasteiger partial charge on any atom is -0.481 e. The quantitative estimate of drug-likeness (QED) is 0.266. The summed E-state index contributed by atoms with van der Waals surface area (Å²) in [5, 5.41) is 43.5. The first-order valence-corrected chi connectivity index (χ1v) is 10.9. The van der Waals surface area contributed by atoms with Crippen LogP contribution in [0.3, 0.4) is 0 Å². The maximum Gasteiger partial charge on any atom is 0.280 e. The van der Waals surface area contributed by atoms with Gasteiger partial charge in [0.25, 0.3) is 5.91 Å². The van der Waals surface area contributed by atoms with Gasteiger partial charge in [-0.25, -0.2) is 5.43 Å². The van der Waals surface area contributed by atoms with Gasteiger partial charge in [0.2, 0.25) is 6.29 Å². The molecule has 0 aromatic heterocycles. The maximum absolute atomic E-state index is 12.2. The highest BCUT2D eigenvalue weighted by Crippen LogP contribution is 2.25. The van der Waals surface area contributed by atoms with Gasteiger partial charge in [-0.15, -0.1) is 0 Å². The molecule has 1 saturated heterocycles. The molecule has 0 spiro atoms. The minimum atomic E-state index is -1.53. The van der Waals surface area contributed by atoms with E-state index in [0.717, 1.165) is 5.56 Å². The first kappa shape index (κ1) is 25.9. The number of hydrogen-bond donors (Lipinski definition) is 5. The summed E-state index contributed by atoms with van der Waals surface area (Å²) in [6, 6.07) is 11.5. The van der Waals surface area contributed by atoms with Crippen molar-refractivity contribution in [3.8, 4) is 11.5 Å². The van der Waals surface area contributed by atoms with Crippen LogP contribution in [0, 0.1) is 6.92 Å². The summed E-state index contributed by atoms with van der Waals surface area (Å²) in [6.07, 6.45) is -6.19. The fraction of sp³-hybridized carbons (Fsp3) is 0.391. The zero-order valence-electron chi connectivity index (χ0n) is 18.5. The maximum atomic E-state index is 12.2. The molecule has 1 heterocycles. The van der Waals surface area contributed by atoms with Crippen LogP contribution < -0.4 is 14.9 Å². The number of aryl methyl sites for hydroxylation is 1.